The lowest BCUT2D eigenvalue weighted by molar-refractivity contribution is -0.402. The van der Waals surface area contributed by atoms with E-state index in [1.54, 1.807) is 18.2 Å². The number of furan rings is 1. The largest absolute Gasteiger partial charge is 0.433 e. The summed E-state index contributed by atoms with van der Waals surface area (Å²) in [7, 11) is 0. The van der Waals surface area contributed by atoms with Crippen LogP contribution in [-0.2, 0) is 4.79 Å². The van der Waals surface area contributed by atoms with Crippen LogP contribution in [0.25, 0.3) is 0 Å². The number of hydrazone groups is 1. The number of benzene rings is 1. The Morgan fingerprint density at radius 2 is 2.22 bits per heavy atom. The highest BCUT2D eigenvalue weighted by Crippen LogP contribution is 2.22. The molecule has 120 valence electrons. The smallest absolute Gasteiger partial charge is 0.400 e. The SMILES string of the molecule is Cc1c(Cl)cccc1NCC(=O)NN=Cc1ccc([N+](=O)[O-])o1. The molecule has 0 bridgehead atoms. The van der Waals surface area contributed by atoms with E-state index >= 15 is 0 Å². The van der Waals surface area contributed by atoms with Gasteiger partial charge in [0.2, 0.25) is 0 Å². The normalized spacial score (nSPS) is 10.7. The van der Waals surface area contributed by atoms with Crippen molar-refractivity contribution >= 4 is 35.3 Å². The van der Waals surface area contributed by atoms with Gasteiger partial charge in [0.15, 0.2) is 5.76 Å². The third-order valence-corrected chi connectivity index (χ3v) is 3.29. The first kappa shape index (κ1) is 16.5. The minimum Gasteiger partial charge on any atom is -0.400 e. The second kappa shape index (κ2) is 7.41. The van der Waals surface area contributed by atoms with Crippen LogP contribution >= 0.6 is 11.6 Å². The molecule has 0 aliphatic rings. The lowest BCUT2D eigenvalue weighted by atomic mass is 10.2. The molecule has 0 aliphatic heterocycles. The van der Waals surface area contributed by atoms with Crippen molar-refractivity contribution in [2.75, 3.05) is 11.9 Å². The van der Waals surface area contributed by atoms with Gasteiger partial charge in [0.05, 0.1) is 18.8 Å². The van der Waals surface area contributed by atoms with E-state index in [0.29, 0.717) is 5.02 Å². The van der Waals surface area contributed by atoms with Gasteiger partial charge in [0.1, 0.15) is 4.92 Å². The Bertz CT molecular complexity index is 757. The van der Waals surface area contributed by atoms with Gasteiger partial charge in [-0.3, -0.25) is 14.9 Å². The average molecular weight is 337 g/mol. The number of carbonyl (C=O) groups excluding carboxylic acids is 1. The summed E-state index contributed by atoms with van der Waals surface area (Å²) in [5.74, 6) is -0.617. The van der Waals surface area contributed by atoms with E-state index in [9.17, 15) is 14.9 Å². The molecule has 0 saturated carbocycles. The van der Waals surface area contributed by atoms with Crippen molar-refractivity contribution < 1.29 is 14.1 Å². The summed E-state index contributed by atoms with van der Waals surface area (Å²) >= 11 is 5.98. The fraction of sp³-hybridized carbons (Fsp3) is 0.143. The highest BCUT2D eigenvalue weighted by atomic mass is 35.5. The van der Waals surface area contributed by atoms with Gasteiger partial charge in [-0.05, 0) is 30.7 Å². The molecule has 1 aromatic carbocycles. The van der Waals surface area contributed by atoms with E-state index in [-0.39, 0.29) is 18.2 Å². The molecular formula is C14H13ClN4O4. The Kier molecular flexibility index (Phi) is 5.32. The molecule has 1 heterocycles. The predicted molar refractivity (Wildman–Crippen MR) is 85.8 cm³/mol. The van der Waals surface area contributed by atoms with Crippen LogP contribution in [0.2, 0.25) is 5.02 Å². The van der Waals surface area contributed by atoms with Gasteiger partial charge in [-0.2, -0.15) is 5.10 Å². The van der Waals surface area contributed by atoms with Crippen molar-refractivity contribution in [3.8, 4) is 0 Å². The topological polar surface area (TPSA) is 110 Å². The summed E-state index contributed by atoms with van der Waals surface area (Å²) in [6.45, 7) is 1.83. The van der Waals surface area contributed by atoms with E-state index in [2.05, 4.69) is 15.8 Å². The van der Waals surface area contributed by atoms with E-state index in [1.807, 2.05) is 6.92 Å². The zero-order chi connectivity index (χ0) is 16.8. The van der Waals surface area contributed by atoms with Crippen LogP contribution in [0.3, 0.4) is 0 Å². The molecule has 9 heteroatoms. The minimum absolute atomic E-state index is 0.00315. The number of amides is 1. The highest BCUT2D eigenvalue weighted by Gasteiger charge is 2.10. The quantitative estimate of drug-likeness (QED) is 0.479. The molecule has 0 aliphatic carbocycles. The van der Waals surface area contributed by atoms with Crippen molar-refractivity contribution in [3.63, 3.8) is 0 Å². The number of rotatable bonds is 6. The van der Waals surface area contributed by atoms with Crippen LogP contribution in [0.4, 0.5) is 11.6 Å². The molecule has 2 N–H and O–H groups in total. The maximum atomic E-state index is 11.7. The molecule has 0 radical (unpaired) electrons. The average Bonchev–Trinajstić information content (AvgIpc) is 2.98. The van der Waals surface area contributed by atoms with Gasteiger partial charge < -0.3 is 9.73 Å². The van der Waals surface area contributed by atoms with Gasteiger partial charge in [-0.15, -0.1) is 0 Å². The molecule has 1 amide bonds. The van der Waals surface area contributed by atoms with E-state index in [4.69, 9.17) is 16.0 Å². The molecule has 2 aromatic rings. The zero-order valence-electron chi connectivity index (χ0n) is 12.1. The molecule has 0 fully saturated rings. The first-order chi connectivity index (χ1) is 11.0. The molecule has 0 atom stereocenters. The molecule has 2 rings (SSSR count). The fourth-order valence-electron chi connectivity index (χ4n) is 1.69. The number of anilines is 1. The molecule has 0 saturated heterocycles. The van der Waals surface area contributed by atoms with Crippen LogP contribution in [-0.4, -0.2) is 23.6 Å². The second-order valence-corrected chi connectivity index (χ2v) is 4.90. The summed E-state index contributed by atoms with van der Waals surface area (Å²) in [5.41, 5.74) is 3.87. The maximum Gasteiger partial charge on any atom is 0.433 e. The Morgan fingerprint density at radius 1 is 1.43 bits per heavy atom. The van der Waals surface area contributed by atoms with Crippen LogP contribution in [0, 0.1) is 17.0 Å². The van der Waals surface area contributed by atoms with Gasteiger partial charge in [-0.25, -0.2) is 5.43 Å². The monoisotopic (exact) mass is 336 g/mol. The van der Waals surface area contributed by atoms with Gasteiger partial charge in [0, 0.05) is 10.7 Å². The Balaban J connectivity index is 1.84. The number of halogens is 1. The summed E-state index contributed by atoms with van der Waals surface area (Å²) < 4.78 is 4.86. The van der Waals surface area contributed by atoms with Crippen molar-refractivity contribution in [1.29, 1.82) is 0 Å². The molecule has 1 aromatic heterocycles. The maximum absolute atomic E-state index is 11.7. The Hall–Kier alpha value is -2.87. The van der Waals surface area contributed by atoms with Crippen molar-refractivity contribution in [2.24, 2.45) is 5.10 Å². The molecule has 0 spiro atoms. The predicted octanol–water partition coefficient (Wildman–Crippen LogP) is 2.71. The van der Waals surface area contributed by atoms with Crippen molar-refractivity contribution in [1.82, 2.24) is 5.43 Å². The van der Waals surface area contributed by atoms with Crippen LogP contribution in [0.5, 0.6) is 0 Å². The van der Waals surface area contributed by atoms with Crippen LogP contribution in [0.15, 0.2) is 39.9 Å². The van der Waals surface area contributed by atoms with Gasteiger partial charge in [-0.1, -0.05) is 17.7 Å². The van der Waals surface area contributed by atoms with E-state index in [0.717, 1.165) is 11.3 Å². The number of carbonyl (C=O) groups is 1. The van der Waals surface area contributed by atoms with Crippen LogP contribution < -0.4 is 10.7 Å². The summed E-state index contributed by atoms with van der Waals surface area (Å²) in [6.07, 6.45) is 1.18. The Labute approximate surface area is 136 Å². The third-order valence-electron chi connectivity index (χ3n) is 2.88. The number of hydrogen-bond acceptors (Lipinski definition) is 6. The van der Waals surface area contributed by atoms with Gasteiger partial charge >= 0.3 is 5.88 Å². The van der Waals surface area contributed by atoms with Crippen molar-refractivity contribution in [3.05, 3.63) is 56.8 Å². The first-order valence-corrected chi connectivity index (χ1v) is 6.90. The zero-order valence-corrected chi connectivity index (χ0v) is 12.8. The number of hydrogen-bond donors (Lipinski definition) is 2. The molecule has 0 unspecified atom stereocenters. The van der Waals surface area contributed by atoms with E-state index in [1.165, 1.54) is 18.3 Å². The molecule has 23 heavy (non-hydrogen) atoms. The second-order valence-electron chi connectivity index (χ2n) is 4.49. The van der Waals surface area contributed by atoms with Crippen LogP contribution in [0.1, 0.15) is 11.3 Å². The molecular weight excluding hydrogens is 324 g/mol. The lowest BCUT2D eigenvalue weighted by Crippen LogP contribution is -2.26. The first-order valence-electron chi connectivity index (χ1n) is 6.52. The fourth-order valence-corrected chi connectivity index (χ4v) is 1.87. The summed E-state index contributed by atoms with van der Waals surface area (Å²) in [4.78, 5) is 21.4. The number of nitrogens with one attached hydrogen (secondary N) is 2. The third kappa shape index (κ3) is 4.55. The minimum atomic E-state index is -0.660. The summed E-state index contributed by atoms with van der Waals surface area (Å²) in [6, 6.07) is 7.92. The van der Waals surface area contributed by atoms with Gasteiger partial charge in [0.25, 0.3) is 5.91 Å². The highest BCUT2D eigenvalue weighted by molar-refractivity contribution is 6.31. The summed E-state index contributed by atoms with van der Waals surface area (Å²) in [5, 5.41) is 17.6. The molecule has 8 nitrogen and oxygen atoms in total. The standard InChI is InChI=1S/C14H13ClN4O4/c1-9-11(15)3-2-4-12(9)16-8-13(20)18-17-7-10-5-6-14(23-10)19(21)22/h2-7,16H,8H2,1H3,(H,18,20). The van der Waals surface area contributed by atoms with Crippen molar-refractivity contribution in [2.45, 2.75) is 6.92 Å². The Morgan fingerprint density at radius 3 is 2.91 bits per heavy atom. The number of nitro groups is 1. The number of nitrogens with zero attached hydrogens (tertiary/aromatic N) is 2. The van der Waals surface area contributed by atoms with E-state index < -0.39 is 10.8 Å². The lowest BCUT2D eigenvalue weighted by Gasteiger charge is -2.09.